The van der Waals surface area contributed by atoms with E-state index in [-0.39, 0.29) is 0 Å². The Labute approximate surface area is 110 Å². The van der Waals surface area contributed by atoms with Crippen LogP contribution >= 0.6 is 15.9 Å². The Balaban J connectivity index is 2.16. The summed E-state index contributed by atoms with van der Waals surface area (Å²) in [5, 5.41) is 0. The highest BCUT2D eigenvalue weighted by Gasteiger charge is 2.25. The second-order valence-electron chi connectivity index (χ2n) is 4.53. The van der Waals surface area contributed by atoms with Crippen molar-refractivity contribution >= 4 is 27.4 Å². The fraction of sp³-hybridized carbons (Fsp3) is 0.583. The molecule has 0 aromatic carbocycles. The third kappa shape index (κ3) is 2.55. The Morgan fingerprint density at radius 1 is 1.65 bits per heavy atom. The van der Waals surface area contributed by atoms with E-state index in [1.165, 1.54) is 0 Å². The van der Waals surface area contributed by atoms with Gasteiger partial charge >= 0.3 is 0 Å². The van der Waals surface area contributed by atoms with E-state index in [4.69, 9.17) is 10.5 Å². The maximum atomic E-state index is 5.83. The molecular formula is C12H18BrN3O. The highest BCUT2D eigenvalue weighted by Crippen LogP contribution is 2.33. The van der Waals surface area contributed by atoms with Gasteiger partial charge in [0.25, 0.3) is 0 Å². The summed E-state index contributed by atoms with van der Waals surface area (Å²) in [6.45, 7) is 4.86. The van der Waals surface area contributed by atoms with Gasteiger partial charge in [-0.05, 0) is 34.8 Å². The Hall–Kier alpha value is -0.810. The van der Waals surface area contributed by atoms with Gasteiger partial charge in [-0.3, -0.25) is 0 Å². The molecule has 0 bridgehead atoms. The minimum atomic E-state index is 0.603. The van der Waals surface area contributed by atoms with E-state index in [1.807, 2.05) is 6.92 Å². The van der Waals surface area contributed by atoms with E-state index >= 15 is 0 Å². The van der Waals surface area contributed by atoms with Gasteiger partial charge in [-0.1, -0.05) is 0 Å². The highest BCUT2D eigenvalue weighted by atomic mass is 79.9. The Morgan fingerprint density at radius 3 is 3.12 bits per heavy atom. The summed E-state index contributed by atoms with van der Waals surface area (Å²) in [5.41, 5.74) is 7.62. The molecule has 0 spiro atoms. The lowest BCUT2D eigenvalue weighted by Gasteiger charge is -2.20. The van der Waals surface area contributed by atoms with E-state index in [1.54, 1.807) is 13.3 Å². The average Bonchev–Trinajstić information content (AvgIpc) is 2.75. The number of aromatic nitrogens is 1. The second-order valence-corrected chi connectivity index (χ2v) is 5.33. The number of hydrogen-bond donors (Lipinski definition) is 1. The molecule has 2 N–H and O–H groups in total. The zero-order chi connectivity index (χ0) is 12.4. The molecule has 1 fully saturated rings. The largest absolute Gasteiger partial charge is 0.397 e. The quantitative estimate of drug-likeness (QED) is 0.930. The van der Waals surface area contributed by atoms with Crippen LogP contribution in [-0.2, 0) is 4.74 Å². The molecule has 1 atom stereocenters. The topological polar surface area (TPSA) is 51.4 Å². The summed E-state index contributed by atoms with van der Waals surface area (Å²) in [5.74, 6) is 1.60. The molecule has 0 amide bonds. The third-order valence-electron chi connectivity index (χ3n) is 3.27. The zero-order valence-electron chi connectivity index (χ0n) is 10.2. The highest BCUT2D eigenvalue weighted by molar-refractivity contribution is 9.10. The van der Waals surface area contributed by atoms with Gasteiger partial charge in [-0.15, -0.1) is 0 Å². The summed E-state index contributed by atoms with van der Waals surface area (Å²) in [7, 11) is 1.75. The van der Waals surface area contributed by atoms with Crippen molar-refractivity contribution in [2.75, 3.05) is 37.4 Å². The van der Waals surface area contributed by atoms with Gasteiger partial charge < -0.3 is 15.4 Å². The van der Waals surface area contributed by atoms with Crippen LogP contribution in [0.25, 0.3) is 0 Å². The first-order valence-electron chi connectivity index (χ1n) is 5.78. The molecule has 2 heterocycles. The second kappa shape index (κ2) is 5.23. The standard InChI is InChI=1S/C12H18BrN3O/c1-8-10(14)5-15-12(11(8)13)16-4-3-9(6-16)7-17-2/h5,9H,3-4,6-7,14H2,1-2H3. The minimum absolute atomic E-state index is 0.603. The Morgan fingerprint density at radius 2 is 2.41 bits per heavy atom. The van der Waals surface area contributed by atoms with Gasteiger partial charge in [-0.25, -0.2) is 4.98 Å². The van der Waals surface area contributed by atoms with Crippen molar-refractivity contribution in [2.24, 2.45) is 5.92 Å². The fourth-order valence-electron chi connectivity index (χ4n) is 2.20. The molecule has 1 aromatic heterocycles. The van der Waals surface area contributed by atoms with Crippen molar-refractivity contribution in [3.8, 4) is 0 Å². The molecule has 1 unspecified atom stereocenters. The molecule has 1 aliphatic rings. The maximum absolute atomic E-state index is 5.83. The average molecular weight is 300 g/mol. The van der Waals surface area contributed by atoms with Crippen LogP contribution in [0.4, 0.5) is 11.5 Å². The summed E-state index contributed by atoms with van der Waals surface area (Å²) in [6.07, 6.45) is 2.89. The van der Waals surface area contributed by atoms with Crippen LogP contribution in [-0.4, -0.2) is 31.8 Å². The van der Waals surface area contributed by atoms with Crippen LogP contribution in [0.5, 0.6) is 0 Å². The molecule has 5 heteroatoms. The van der Waals surface area contributed by atoms with E-state index in [0.29, 0.717) is 5.92 Å². The van der Waals surface area contributed by atoms with Crippen LogP contribution in [0, 0.1) is 12.8 Å². The number of halogens is 1. The van der Waals surface area contributed by atoms with Crippen LogP contribution < -0.4 is 10.6 Å². The molecule has 0 aliphatic carbocycles. The number of anilines is 2. The maximum Gasteiger partial charge on any atom is 0.143 e. The fourth-order valence-corrected chi connectivity index (χ4v) is 2.78. The Kier molecular flexibility index (Phi) is 3.89. The number of hydrogen-bond acceptors (Lipinski definition) is 4. The predicted molar refractivity (Wildman–Crippen MR) is 73.3 cm³/mol. The summed E-state index contributed by atoms with van der Waals surface area (Å²) >= 11 is 3.58. The molecule has 1 aromatic rings. The smallest absolute Gasteiger partial charge is 0.143 e. The van der Waals surface area contributed by atoms with Crippen molar-refractivity contribution < 1.29 is 4.74 Å². The van der Waals surface area contributed by atoms with Gasteiger partial charge in [0.15, 0.2) is 0 Å². The lowest BCUT2D eigenvalue weighted by atomic mass is 10.1. The molecule has 94 valence electrons. The number of rotatable bonds is 3. The molecular weight excluding hydrogens is 282 g/mol. The summed E-state index contributed by atoms with van der Waals surface area (Å²) < 4.78 is 6.21. The van der Waals surface area contributed by atoms with E-state index in [0.717, 1.165) is 47.7 Å². The van der Waals surface area contributed by atoms with Crippen molar-refractivity contribution in [3.63, 3.8) is 0 Å². The van der Waals surface area contributed by atoms with E-state index < -0.39 is 0 Å². The number of ether oxygens (including phenoxy) is 1. The number of pyridine rings is 1. The SMILES string of the molecule is COCC1CCN(c2ncc(N)c(C)c2Br)C1. The van der Waals surface area contributed by atoms with Crippen molar-refractivity contribution in [1.82, 2.24) is 4.98 Å². The monoisotopic (exact) mass is 299 g/mol. The lowest BCUT2D eigenvalue weighted by Crippen LogP contribution is -2.22. The summed E-state index contributed by atoms with van der Waals surface area (Å²) in [6, 6.07) is 0. The van der Waals surface area contributed by atoms with Gasteiger partial charge in [0.1, 0.15) is 5.82 Å². The van der Waals surface area contributed by atoms with Crippen LogP contribution in [0.1, 0.15) is 12.0 Å². The van der Waals surface area contributed by atoms with Crippen molar-refractivity contribution in [2.45, 2.75) is 13.3 Å². The van der Waals surface area contributed by atoms with Crippen molar-refractivity contribution in [3.05, 3.63) is 16.2 Å². The van der Waals surface area contributed by atoms with Crippen LogP contribution in [0.15, 0.2) is 10.7 Å². The van der Waals surface area contributed by atoms with E-state index in [2.05, 4.69) is 25.8 Å². The molecule has 2 rings (SSSR count). The van der Waals surface area contributed by atoms with Gasteiger partial charge in [0.05, 0.1) is 23.0 Å². The van der Waals surface area contributed by atoms with Crippen LogP contribution in [0.3, 0.4) is 0 Å². The lowest BCUT2D eigenvalue weighted by molar-refractivity contribution is 0.161. The number of methoxy groups -OCH3 is 1. The number of nitrogen functional groups attached to an aromatic ring is 1. The molecule has 1 aliphatic heterocycles. The molecule has 17 heavy (non-hydrogen) atoms. The Bertz CT molecular complexity index is 411. The number of nitrogens with two attached hydrogens (primary N) is 1. The first-order valence-corrected chi connectivity index (χ1v) is 6.57. The van der Waals surface area contributed by atoms with E-state index in [9.17, 15) is 0 Å². The van der Waals surface area contributed by atoms with Gasteiger partial charge in [-0.2, -0.15) is 0 Å². The predicted octanol–water partition coefficient (Wildman–Crippen LogP) is 2.21. The first kappa shape index (κ1) is 12.6. The zero-order valence-corrected chi connectivity index (χ0v) is 11.8. The van der Waals surface area contributed by atoms with Gasteiger partial charge in [0, 0.05) is 26.1 Å². The van der Waals surface area contributed by atoms with Gasteiger partial charge in [0.2, 0.25) is 0 Å². The normalized spacial score (nSPS) is 19.9. The first-order chi connectivity index (χ1) is 8.13. The minimum Gasteiger partial charge on any atom is -0.397 e. The third-order valence-corrected chi connectivity index (χ3v) is 4.22. The molecule has 4 nitrogen and oxygen atoms in total. The number of nitrogens with zero attached hydrogens (tertiary/aromatic N) is 2. The van der Waals surface area contributed by atoms with Crippen molar-refractivity contribution in [1.29, 1.82) is 0 Å². The molecule has 0 saturated carbocycles. The van der Waals surface area contributed by atoms with Crippen LogP contribution in [0.2, 0.25) is 0 Å². The molecule has 0 radical (unpaired) electrons. The summed E-state index contributed by atoms with van der Waals surface area (Å²) in [4.78, 5) is 6.72. The molecule has 1 saturated heterocycles.